The predicted molar refractivity (Wildman–Crippen MR) is 66.0 cm³/mol. The maximum atomic E-state index is 12.0. The number of amides is 3. The van der Waals surface area contributed by atoms with E-state index in [4.69, 9.17) is 5.11 Å². The van der Waals surface area contributed by atoms with Crippen molar-refractivity contribution in [3.63, 3.8) is 0 Å². The van der Waals surface area contributed by atoms with Crippen molar-refractivity contribution in [1.82, 2.24) is 25.2 Å². The quantitative estimate of drug-likeness (QED) is 0.726. The number of carbonyl (C=O) groups is 3. The van der Waals surface area contributed by atoms with Gasteiger partial charge in [-0.25, -0.2) is 14.3 Å². The zero-order chi connectivity index (χ0) is 15.1. The van der Waals surface area contributed by atoms with Crippen molar-refractivity contribution in [3.05, 3.63) is 11.4 Å². The molecule has 1 aromatic heterocycles. The Morgan fingerprint density at radius 1 is 1.35 bits per heavy atom. The van der Waals surface area contributed by atoms with E-state index in [0.29, 0.717) is 5.69 Å². The van der Waals surface area contributed by atoms with Crippen LogP contribution in [0.3, 0.4) is 0 Å². The fourth-order valence-corrected chi connectivity index (χ4v) is 1.99. The second-order valence-electron chi connectivity index (χ2n) is 5.06. The zero-order valence-electron chi connectivity index (χ0n) is 11.4. The van der Waals surface area contributed by atoms with Gasteiger partial charge in [0.2, 0.25) is 0 Å². The molecule has 9 nitrogen and oxygen atoms in total. The number of nitrogens with one attached hydrogen (secondary N) is 1. The fourth-order valence-electron chi connectivity index (χ4n) is 1.99. The third-order valence-corrected chi connectivity index (χ3v) is 3.16. The van der Waals surface area contributed by atoms with E-state index in [2.05, 4.69) is 15.6 Å². The van der Waals surface area contributed by atoms with E-state index in [0.717, 1.165) is 4.90 Å². The molecule has 0 unspecified atom stereocenters. The number of aromatic carboxylic acids is 1. The Balaban J connectivity index is 2.08. The van der Waals surface area contributed by atoms with Gasteiger partial charge in [-0.3, -0.25) is 9.69 Å². The van der Waals surface area contributed by atoms with Gasteiger partial charge in [0, 0.05) is 0 Å². The van der Waals surface area contributed by atoms with Gasteiger partial charge in [-0.15, -0.1) is 5.10 Å². The highest BCUT2D eigenvalue weighted by Gasteiger charge is 2.43. The van der Waals surface area contributed by atoms with Gasteiger partial charge in [0.05, 0.1) is 18.8 Å². The molecule has 0 aromatic carbocycles. The molecule has 2 N–H and O–H groups in total. The smallest absolute Gasteiger partial charge is 0.358 e. The lowest BCUT2D eigenvalue weighted by molar-refractivity contribution is -0.130. The highest BCUT2D eigenvalue weighted by molar-refractivity contribution is 6.06. The summed E-state index contributed by atoms with van der Waals surface area (Å²) in [6.07, 6.45) is 0. The second kappa shape index (κ2) is 4.58. The van der Waals surface area contributed by atoms with Crippen LogP contribution in [0.2, 0.25) is 0 Å². The topological polar surface area (TPSA) is 117 Å². The number of imide groups is 1. The number of carbonyl (C=O) groups excluding carboxylic acids is 2. The molecule has 0 bridgehead atoms. The fraction of sp³-hybridized carbons (Fsp3) is 0.545. The first-order valence-corrected chi connectivity index (χ1v) is 6.01. The summed E-state index contributed by atoms with van der Waals surface area (Å²) in [5.41, 5.74) is -0.674. The van der Waals surface area contributed by atoms with Gasteiger partial charge in [0.25, 0.3) is 5.91 Å². The number of aromatic nitrogens is 3. The number of carboxylic acid groups (broad SMARTS) is 1. The summed E-state index contributed by atoms with van der Waals surface area (Å²) in [5.74, 6) is -1.48. The van der Waals surface area contributed by atoms with Crippen LogP contribution in [-0.4, -0.2) is 55.0 Å². The van der Waals surface area contributed by atoms with Crippen molar-refractivity contribution in [2.75, 3.05) is 6.54 Å². The molecule has 0 saturated carbocycles. The molecular weight excluding hydrogens is 266 g/mol. The van der Waals surface area contributed by atoms with Crippen molar-refractivity contribution in [1.29, 1.82) is 0 Å². The standard InChI is InChI=1S/C11H15N5O4/c1-6-7(8(17)18)13-14-16(6)5-4-15-9(19)11(2,3)12-10(15)20/h4-5H2,1-3H3,(H,12,20)(H,17,18). The van der Waals surface area contributed by atoms with Crippen LogP contribution >= 0.6 is 0 Å². The van der Waals surface area contributed by atoms with Gasteiger partial charge in [-0.2, -0.15) is 0 Å². The third-order valence-electron chi connectivity index (χ3n) is 3.16. The molecule has 0 radical (unpaired) electrons. The molecule has 0 atom stereocenters. The first-order valence-electron chi connectivity index (χ1n) is 6.01. The zero-order valence-corrected chi connectivity index (χ0v) is 11.4. The largest absolute Gasteiger partial charge is 0.476 e. The van der Waals surface area contributed by atoms with Crippen LogP contribution in [0.5, 0.6) is 0 Å². The average molecular weight is 281 g/mol. The number of hydrogen-bond donors (Lipinski definition) is 2. The average Bonchev–Trinajstić information content (AvgIpc) is 2.78. The van der Waals surface area contributed by atoms with E-state index in [-0.39, 0.29) is 24.7 Å². The van der Waals surface area contributed by atoms with E-state index < -0.39 is 17.5 Å². The van der Waals surface area contributed by atoms with Gasteiger partial charge in [0.1, 0.15) is 5.54 Å². The first kappa shape index (κ1) is 14.0. The lowest BCUT2D eigenvalue weighted by atomic mass is 10.1. The van der Waals surface area contributed by atoms with Crippen molar-refractivity contribution < 1.29 is 19.5 Å². The van der Waals surface area contributed by atoms with Gasteiger partial charge in [0.15, 0.2) is 5.69 Å². The van der Waals surface area contributed by atoms with Gasteiger partial charge in [-0.1, -0.05) is 5.21 Å². The minimum Gasteiger partial charge on any atom is -0.476 e. The molecule has 2 heterocycles. The minimum atomic E-state index is -1.16. The SMILES string of the molecule is Cc1c(C(=O)O)nnn1CCN1C(=O)NC(C)(C)C1=O. The number of carboxylic acids is 1. The molecule has 1 aliphatic rings. The summed E-state index contributed by atoms with van der Waals surface area (Å²) >= 11 is 0. The predicted octanol–water partition coefficient (Wildman–Crippen LogP) is -0.385. The van der Waals surface area contributed by atoms with Gasteiger partial charge < -0.3 is 10.4 Å². The number of nitrogens with zero attached hydrogens (tertiary/aromatic N) is 4. The molecule has 2 rings (SSSR count). The van der Waals surface area contributed by atoms with Crippen LogP contribution in [-0.2, 0) is 11.3 Å². The van der Waals surface area contributed by atoms with E-state index >= 15 is 0 Å². The van der Waals surface area contributed by atoms with Crippen LogP contribution < -0.4 is 5.32 Å². The van der Waals surface area contributed by atoms with Crippen molar-refractivity contribution in [2.24, 2.45) is 0 Å². The molecule has 3 amide bonds. The van der Waals surface area contributed by atoms with Crippen LogP contribution in [0.4, 0.5) is 4.79 Å². The highest BCUT2D eigenvalue weighted by atomic mass is 16.4. The lowest BCUT2D eigenvalue weighted by Crippen LogP contribution is -2.40. The lowest BCUT2D eigenvalue weighted by Gasteiger charge is -2.16. The van der Waals surface area contributed by atoms with E-state index in [1.165, 1.54) is 4.68 Å². The molecule has 0 aliphatic carbocycles. The molecule has 0 spiro atoms. The van der Waals surface area contributed by atoms with Crippen molar-refractivity contribution in [3.8, 4) is 0 Å². The number of hydrogen-bond acceptors (Lipinski definition) is 5. The monoisotopic (exact) mass is 281 g/mol. The van der Waals surface area contributed by atoms with Crippen LogP contribution in [0.1, 0.15) is 30.0 Å². The molecular formula is C11H15N5O4. The van der Waals surface area contributed by atoms with E-state index in [9.17, 15) is 14.4 Å². The van der Waals surface area contributed by atoms with Crippen molar-refractivity contribution in [2.45, 2.75) is 32.9 Å². The van der Waals surface area contributed by atoms with E-state index in [1.807, 2.05) is 0 Å². The third kappa shape index (κ3) is 2.22. The maximum absolute atomic E-state index is 12.0. The molecule has 1 saturated heterocycles. The Bertz CT molecular complexity index is 592. The number of rotatable bonds is 4. The molecule has 20 heavy (non-hydrogen) atoms. The van der Waals surface area contributed by atoms with Crippen LogP contribution in [0.15, 0.2) is 0 Å². The summed E-state index contributed by atoms with van der Waals surface area (Å²) in [6.45, 7) is 5.12. The van der Waals surface area contributed by atoms with Gasteiger partial charge in [-0.05, 0) is 20.8 Å². The Labute approximate surface area is 114 Å². The molecule has 108 valence electrons. The second-order valence-corrected chi connectivity index (χ2v) is 5.06. The van der Waals surface area contributed by atoms with Crippen molar-refractivity contribution >= 4 is 17.9 Å². The molecule has 1 fully saturated rings. The van der Waals surface area contributed by atoms with Crippen LogP contribution in [0, 0.1) is 6.92 Å². The molecule has 1 aliphatic heterocycles. The Morgan fingerprint density at radius 2 is 2.00 bits per heavy atom. The van der Waals surface area contributed by atoms with Crippen LogP contribution in [0.25, 0.3) is 0 Å². The Hall–Kier alpha value is -2.45. The Morgan fingerprint density at radius 3 is 2.45 bits per heavy atom. The summed E-state index contributed by atoms with van der Waals surface area (Å²) in [6, 6.07) is -0.462. The summed E-state index contributed by atoms with van der Waals surface area (Å²) in [7, 11) is 0. The summed E-state index contributed by atoms with van der Waals surface area (Å²) in [5, 5.41) is 18.7. The first-order chi connectivity index (χ1) is 9.24. The van der Waals surface area contributed by atoms with E-state index in [1.54, 1.807) is 20.8 Å². The molecule has 1 aromatic rings. The summed E-state index contributed by atoms with van der Waals surface area (Å²) in [4.78, 5) is 35.6. The minimum absolute atomic E-state index is 0.108. The normalized spacial score (nSPS) is 17.4. The Kier molecular flexibility index (Phi) is 3.20. The maximum Gasteiger partial charge on any atom is 0.358 e. The molecule has 9 heteroatoms. The summed E-state index contributed by atoms with van der Waals surface area (Å²) < 4.78 is 1.36. The highest BCUT2D eigenvalue weighted by Crippen LogP contribution is 2.16. The van der Waals surface area contributed by atoms with Gasteiger partial charge >= 0.3 is 12.0 Å². The number of urea groups is 1.